The van der Waals surface area contributed by atoms with Gasteiger partial charge in [-0.2, -0.15) is 0 Å². The molecule has 0 bridgehead atoms. The molecule has 2 aromatic rings. The standard InChI is InChI=1S/C22H22BrN3O5/c1-31-18-8-4-3-7-17(18)20(23)19(22(28)25-13-5-2-6-14-25)21(27)24-15-9-11-16(12-10-15)26(29)30/h3-4,7-12H,2,5-6,13-14H2,1H3,(H,24,27)/b20-19-. The number of anilines is 1. The Kier molecular flexibility index (Phi) is 7.41. The first-order valence-electron chi connectivity index (χ1n) is 9.80. The van der Waals surface area contributed by atoms with Crippen LogP contribution in [0.3, 0.4) is 0 Å². The number of nitro groups is 1. The van der Waals surface area contributed by atoms with E-state index in [0.29, 0.717) is 34.6 Å². The van der Waals surface area contributed by atoms with Gasteiger partial charge in [-0.25, -0.2) is 0 Å². The van der Waals surface area contributed by atoms with Crippen LogP contribution in [0, 0.1) is 10.1 Å². The number of methoxy groups -OCH3 is 1. The minimum atomic E-state index is -0.609. The zero-order valence-corrected chi connectivity index (χ0v) is 18.6. The van der Waals surface area contributed by atoms with Crippen molar-refractivity contribution in [3.8, 4) is 5.75 Å². The third-order valence-corrected chi connectivity index (χ3v) is 5.81. The van der Waals surface area contributed by atoms with E-state index in [1.165, 1.54) is 31.4 Å². The summed E-state index contributed by atoms with van der Waals surface area (Å²) in [4.78, 5) is 38.6. The van der Waals surface area contributed by atoms with Gasteiger partial charge in [-0.3, -0.25) is 19.7 Å². The lowest BCUT2D eigenvalue weighted by atomic mass is 10.1. The van der Waals surface area contributed by atoms with Gasteiger partial charge in [-0.15, -0.1) is 0 Å². The lowest BCUT2D eigenvalue weighted by Gasteiger charge is -2.28. The first-order valence-corrected chi connectivity index (χ1v) is 10.6. The number of nitro benzene ring substituents is 1. The van der Waals surface area contributed by atoms with Crippen LogP contribution in [-0.4, -0.2) is 41.8 Å². The zero-order valence-electron chi connectivity index (χ0n) is 17.0. The van der Waals surface area contributed by atoms with Crippen molar-refractivity contribution in [1.29, 1.82) is 0 Å². The molecule has 0 atom stereocenters. The second-order valence-electron chi connectivity index (χ2n) is 7.00. The molecule has 1 aliphatic rings. The summed E-state index contributed by atoms with van der Waals surface area (Å²) in [5.41, 5.74) is 0.780. The van der Waals surface area contributed by atoms with Crippen molar-refractivity contribution in [2.24, 2.45) is 0 Å². The van der Waals surface area contributed by atoms with Gasteiger partial charge < -0.3 is 15.0 Å². The van der Waals surface area contributed by atoms with E-state index in [4.69, 9.17) is 4.74 Å². The maximum Gasteiger partial charge on any atom is 0.269 e. The molecule has 8 nitrogen and oxygen atoms in total. The van der Waals surface area contributed by atoms with Crippen LogP contribution in [0.5, 0.6) is 5.75 Å². The summed E-state index contributed by atoms with van der Waals surface area (Å²) in [5.74, 6) is -0.472. The van der Waals surface area contributed by atoms with Crippen LogP contribution >= 0.6 is 15.9 Å². The van der Waals surface area contributed by atoms with Crippen molar-refractivity contribution in [3.63, 3.8) is 0 Å². The number of nitrogens with zero attached hydrogens (tertiary/aromatic N) is 2. The van der Waals surface area contributed by atoms with Crippen molar-refractivity contribution in [3.05, 3.63) is 69.8 Å². The van der Waals surface area contributed by atoms with E-state index in [1.54, 1.807) is 29.2 Å². The SMILES string of the molecule is COc1ccccc1/C(Br)=C(\C(=O)Nc1ccc([N+](=O)[O-])cc1)C(=O)N1CCCCC1. The highest BCUT2D eigenvalue weighted by molar-refractivity contribution is 9.15. The molecule has 0 radical (unpaired) electrons. The Morgan fingerprint density at radius 3 is 2.32 bits per heavy atom. The third-order valence-electron chi connectivity index (χ3n) is 4.98. The molecule has 1 aliphatic heterocycles. The maximum atomic E-state index is 13.3. The molecule has 162 valence electrons. The quantitative estimate of drug-likeness (QED) is 0.214. The van der Waals surface area contributed by atoms with E-state index in [1.807, 2.05) is 0 Å². The normalized spacial score (nSPS) is 14.5. The lowest BCUT2D eigenvalue weighted by Crippen LogP contribution is -2.39. The van der Waals surface area contributed by atoms with Crippen LogP contribution in [-0.2, 0) is 9.59 Å². The number of hydrogen-bond donors (Lipinski definition) is 1. The number of likely N-dealkylation sites (tertiary alicyclic amines) is 1. The average Bonchev–Trinajstić information content (AvgIpc) is 2.80. The van der Waals surface area contributed by atoms with E-state index < -0.39 is 10.8 Å². The number of ether oxygens (including phenoxy) is 1. The van der Waals surface area contributed by atoms with E-state index in [2.05, 4.69) is 21.2 Å². The summed E-state index contributed by atoms with van der Waals surface area (Å²) in [6.07, 6.45) is 2.82. The van der Waals surface area contributed by atoms with Gasteiger partial charge in [-0.1, -0.05) is 18.2 Å². The summed E-state index contributed by atoms with van der Waals surface area (Å²) in [6.45, 7) is 1.17. The van der Waals surface area contributed by atoms with Gasteiger partial charge in [-0.05, 0) is 53.4 Å². The molecule has 0 spiro atoms. The molecule has 2 amide bonds. The molecule has 9 heteroatoms. The molecule has 1 saturated heterocycles. The van der Waals surface area contributed by atoms with Crippen LogP contribution in [0.2, 0.25) is 0 Å². The largest absolute Gasteiger partial charge is 0.496 e. The van der Waals surface area contributed by atoms with Crippen LogP contribution in [0.1, 0.15) is 24.8 Å². The third kappa shape index (κ3) is 5.29. The van der Waals surface area contributed by atoms with E-state index in [-0.39, 0.29) is 17.2 Å². The maximum absolute atomic E-state index is 13.3. The number of hydrogen-bond acceptors (Lipinski definition) is 5. The van der Waals surface area contributed by atoms with Crippen LogP contribution < -0.4 is 10.1 Å². The Balaban J connectivity index is 1.99. The fourth-order valence-corrected chi connectivity index (χ4v) is 4.04. The van der Waals surface area contributed by atoms with Gasteiger partial charge >= 0.3 is 0 Å². The molecule has 1 fully saturated rings. The van der Waals surface area contributed by atoms with Crippen LogP contribution in [0.15, 0.2) is 54.1 Å². The molecular weight excluding hydrogens is 466 g/mol. The second kappa shape index (κ2) is 10.2. The molecule has 31 heavy (non-hydrogen) atoms. The fraction of sp³-hybridized carbons (Fsp3) is 0.273. The Bertz CT molecular complexity index is 1010. The number of benzene rings is 2. The summed E-state index contributed by atoms with van der Waals surface area (Å²) in [5, 5.41) is 13.5. The molecule has 0 aromatic heterocycles. The lowest BCUT2D eigenvalue weighted by molar-refractivity contribution is -0.384. The number of amides is 2. The van der Waals surface area contributed by atoms with Crippen LogP contribution in [0.25, 0.3) is 4.48 Å². The van der Waals surface area contributed by atoms with Crippen LogP contribution in [0.4, 0.5) is 11.4 Å². The van der Waals surface area contributed by atoms with Crippen molar-refractivity contribution in [1.82, 2.24) is 4.90 Å². The van der Waals surface area contributed by atoms with Gasteiger partial charge in [0, 0.05) is 41.0 Å². The highest BCUT2D eigenvalue weighted by atomic mass is 79.9. The molecule has 0 saturated carbocycles. The predicted octanol–water partition coefficient (Wildman–Crippen LogP) is 4.36. The summed E-state index contributed by atoms with van der Waals surface area (Å²) < 4.78 is 5.71. The Morgan fingerprint density at radius 1 is 1.06 bits per heavy atom. The highest BCUT2D eigenvalue weighted by Crippen LogP contribution is 2.34. The van der Waals surface area contributed by atoms with Crippen molar-refractivity contribution in [2.75, 3.05) is 25.5 Å². The van der Waals surface area contributed by atoms with E-state index in [0.717, 1.165) is 19.3 Å². The van der Waals surface area contributed by atoms with Gasteiger partial charge in [0.25, 0.3) is 17.5 Å². The number of carbonyl (C=O) groups excluding carboxylic acids is 2. The molecular formula is C22H22BrN3O5. The highest BCUT2D eigenvalue weighted by Gasteiger charge is 2.29. The smallest absolute Gasteiger partial charge is 0.269 e. The molecule has 1 heterocycles. The Hall–Kier alpha value is -3.20. The zero-order chi connectivity index (χ0) is 22.4. The fourth-order valence-electron chi connectivity index (χ4n) is 3.37. The summed E-state index contributed by atoms with van der Waals surface area (Å²) in [7, 11) is 1.52. The number of para-hydroxylation sites is 1. The first-order chi connectivity index (χ1) is 14.9. The van der Waals surface area contributed by atoms with Crippen molar-refractivity contribution >= 4 is 43.6 Å². The van der Waals surface area contributed by atoms with Gasteiger partial charge in [0.1, 0.15) is 11.3 Å². The number of carbonyl (C=O) groups is 2. The topological polar surface area (TPSA) is 102 Å². The molecule has 1 N–H and O–H groups in total. The average molecular weight is 488 g/mol. The molecule has 0 unspecified atom stereocenters. The number of rotatable bonds is 6. The van der Waals surface area contributed by atoms with E-state index in [9.17, 15) is 19.7 Å². The van der Waals surface area contributed by atoms with Crippen molar-refractivity contribution < 1.29 is 19.2 Å². The molecule has 2 aromatic carbocycles. The predicted molar refractivity (Wildman–Crippen MR) is 121 cm³/mol. The molecule has 0 aliphatic carbocycles. The minimum absolute atomic E-state index is 0.0512. The number of piperidine rings is 1. The van der Waals surface area contributed by atoms with Gasteiger partial charge in [0.2, 0.25) is 0 Å². The number of non-ortho nitro benzene ring substituents is 1. The Labute approximate surface area is 188 Å². The first kappa shape index (κ1) is 22.5. The monoisotopic (exact) mass is 487 g/mol. The second-order valence-corrected chi connectivity index (χ2v) is 7.79. The van der Waals surface area contributed by atoms with Crippen molar-refractivity contribution in [2.45, 2.75) is 19.3 Å². The van der Waals surface area contributed by atoms with Gasteiger partial charge in [0.05, 0.1) is 12.0 Å². The van der Waals surface area contributed by atoms with E-state index >= 15 is 0 Å². The van der Waals surface area contributed by atoms with Gasteiger partial charge in [0.15, 0.2) is 0 Å². The number of halogens is 1. The number of nitrogens with one attached hydrogen (secondary N) is 1. The minimum Gasteiger partial charge on any atom is -0.496 e. The Morgan fingerprint density at radius 2 is 1.71 bits per heavy atom. The summed E-state index contributed by atoms with van der Waals surface area (Å²) in [6, 6.07) is 12.5. The molecule has 3 rings (SSSR count). The summed E-state index contributed by atoms with van der Waals surface area (Å²) >= 11 is 3.46.